The van der Waals surface area contributed by atoms with Crippen LogP contribution in [0.2, 0.25) is 5.02 Å². The fourth-order valence-electron chi connectivity index (χ4n) is 10.1. The van der Waals surface area contributed by atoms with Gasteiger partial charge < -0.3 is 19.1 Å². The second kappa shape index (κ2) is 14.0. The summed E-state index contributed by atoms with van der Waals surface area (Å²) >= 11 is 6.49. The van der Waals surface area contributed by atoms with Gasteiger partial charge in [-0.1, -0.05) is 37.9 Å². The Labute approximate surface area is 312 Å². The molecule has 1 unspecified atom stereocenters. The van der Waals surface area contributed by atoms with Crippen molar-refractivity contribution in [1.29, 1.82) is 0 Å². The third kappa shape index (κ3) is 6.75. The van der Waals surface area contributed by atoms with Gasteiger partial charge in [0.15, 0.2) is 6.29 Å². The van der Waals surface area contributed by atoms with Crippen LogP contribution in [0.15, 0.2) is 36.4 Å². The summed E-state index contributed by atoms with van der Waals surface area (Å²) in [7, 11) is -3.94. The maximum absolute atomic E-state index is 13.7. The van der Waals surface area contributed by atoms with Crippen LogP contribution in [-0.2, 0) is 31.3 Å². The lowest BCUT2D eigenvalue weighted by Gasteiger charge is -2.55. The maximum atomic E-state index is 13.7. The first-order valence-corrected chi connectivity index (χ1v) is 21.2. The summed E-state index contributed by atoms with van der Waals surface area (Å²) in [4.78, 5) is 18.2. The number of hydrogen-bond acceptors (Lipinski definition) is 8. The second-order valence-electron chi connectivity index (χ2n) is 17.1. The van der Waals surface area contributed by atoms with Crippen LogP contribution < -0.4 is 14.4 Å². The minimum Gasteiger partial charge on any atom is -0.490 e. The van der Waals surface area contributed by atoms with Crippen LogP contribution >= 0.6 is 11.6 Å². The highest BCUT2D eigenvalue weighted by Crippen LogP contribution is 2.55. The van der Waals surface area contributed by atoms with E-state index in [-0.39, 0.29) is 35.0 Å². The van der Waals surface area contributed by atoms with E-state index in [1.807, 2.05) is 25.1 Å². The molecule has 1 amide bonds. The first kappa shape index (κ1) is 36.5. The molecule has 1 N–H and O–H groups in total. The number of benzene rings is 2. The number of sulfonamides is 1. The Morgan fingerprint density at radius 3 is 2.50 bits per heavy atom. The monoisotopic (exact) mass is 757 g/mol. The molecular weight excluding hydrogens is 705 g/mol. The minimum absolute atomic E-state index is 0.0655. The average molecular weight is 758 g/mol. The zero-order valence-electron chi connectivity index (χ0n) is 30.6. The van der Waals surface area contributed by atoms with Gasteiger partial charge >= 0.3 is 0 Å². The number of aryl methyl sites for hydroxylation is 1. The number of fused-ring (bicyclic) bond motifs is 4. The van der Waals surface area contributed by atoms with Gasteiger partial charge in [0, 0.05) is 48.1 Å². The van der Waals surface area contributed by atoms with Crippen molar-refractivity contribution in [2.75, 3.05) is 50.9 Å². The summed E-state index contributed by atoms with van der Waals surface area (Å²) in [5, 5.41) is -0.0188. The molecule has 2 saturated heterocycles. The Balaban J connectivity index is 1.16. The van der Waals surface area contributed by atoms with Crippen LogP contribution in [0.5, 0.6) is 5.75 Å². The fraction of sp³-hybridized carbons (Fsp3) is 0.675. The van der Waals surface area contributed by atoms with Gasteiger partial charge in [-0.3, -0.25) is 9.69 Å². The number of carbonyl (C=O) groups excluding carboxylic acids is 1. The molecule has 4 heterocycles. The normalized spacial score (nSPS) is 37.0. The Morgan fingerprint density at radius 1 is 0.981 bits per heavy atom. The van der Waals surface area contributed by atoms with E-state index in [4.69, 9.17) is 25.8 Å². The maximum Gasteiger partial charge on any atom is 0.264 e. The van der Waals surface area contributed by atoms with Crippen molar-refractivity contribution >= 4 is 33.2 Å². The van der Waals surface area contributed by atoms with E-state index in [1.165, 1.54) is 11.1 Å². The van der Waals surface area contributed by atoms with Crippen LogP contribution in [-0.4, -0.2) is 89.0 Å². The molecule has 6 aliphatic rings. The zero-order valence-corrected chi connectivity index (χ0v) is 32.2. The number of rotatable bonds is 2. The first-order chi connectivity index (χ1) is 24.8. The van der Waals surface area contributed by atoms with Crippen molar-refractivity contribution in [3.8, 4) is 5.75 Å². The SMILES string of the molecule is C[C@@H]1[C@@H](C)CCC[C@@H](C2OCC(N3CC(F)C3)CO2)[C@@H]2CCC2(C)CN2C[C@@]3(CCCc4cc(Cl)ccc43)COc3ccc(cc32)C(=O)NS1(=O)=O. The standard InChI is InChI=1S/C40H53ClFN3O6S/c1-25-6-4-8-32(38-49-20-31(21-50-38)44-18-30(42)19-44)34-13-15-39(34,3)22-45-23-40(14-5-7-27-16-29(41)10-11-33(27)40)24-51-36-12-9-28(17-35(36)45)37(46)43-52(47,48)26(25)2/h9-12,16-17,25-26,30-32,34,38H,4-8,13-15,18-24H2,1-3H3,(H,43,46)/t25-,26+,31?,32+,34-,38?,39?,40-/m0/s1. The fourth-order valence-corrected chi connectivity index (χ4v) is 11.6. The van der Waals surface area contributed by atoms with Crippen molar-refractivity contribution in [1.82, 2.24) is 9.62 Å². The van der Waals surface area contributed by atoms with Gasteiger partial charge in [0.1, 0.15) is 11.9 Å². The number of ether oxygens (including phenoxy) is 3. The molecule has 12 heteroatoms. The number of hydrogen-bond donors (Lipinski definition) is 1. The lowest BCUT2D eigenvalue weighted by Crippen LogP contribution is -2.60. The number of carbonyl (C=O) groups is 1. The van der Waals surface area contributed by atoms with Crippen molar-refractivity contribution in [3.05, 3.63) is 58.1 Å². The number of alkyl halides is 1. The van der Waals surface area contributed by atoms with E-state index in [0.717, 1.165) is 62.2 Å². The minimum atomic E-state index is -3.94. The molecule has 52 heavy (non-hydrogen) atoms. The number of amides is 1. The van der Waals surface area contributed by atoms with E-state index in [0.29, 0.717) is 63.1 Å². The van der Waals surface area contributed by atoms with Gasteiger partial charge in [-0.05, 0) is 111 Å². The van der Waals surface area contributed by atoms with Crippen molar-refractivity contribution in [2.45, 2.75) is 101 Å². The zero-order chi connectivity index (χ0) is 36.4. The third-order valence-corrected chi connectivity index (χ3v) is 15.8. The van der Waals surface area contributed by atoms with E-state index >= 15 is 0 Å². The highest BCUT2D eigenvalue weighted by molar-refractivity contribution is 7.90. The summed E-state index contributed by atoms with van der Waals surface area (Å²) in [5.41, 5.74) is 3.27. The van der Waals surface area contributed by atoms with E-state index in [2.05, 4.69) is 33.6 Å². The molecule has 6 atom stereocenters. The predicted octanol–water partition coefficient (Wildman–Crippen LogP) is 6.51. The van der Waals surface area contributed by atoms with Crippen molar-refractivity contribution < 1.29 is 31.8 Å². The Kier molecular flexibility index (Phi) is 9.84. The summed E-state index contributed by atoms with van der Waals surface area (Å²) in [5.74, 6) is 0.346. The highest BCUT2D eigenvalue weighted by Gasteiger charge is 2.52. The third-order valence-electron chi connectivity index (χ3n) is 13.6. The smallest absolute Gasteiger partial charge is 0.264 e. The molecule has 4 aliphatic heterocycles. The van der Waals surface area contributed by atoms with E-state index < -0.39 is 27.4 Å². The number of halogens is 2. The largest absolute Gasteiger partial charge is 0.490 e. The quantitative estimate of drug-likeness (QED) is 0.371. The molecule has 2 aromatic rings. The van der Waals surface area contributed by atoms with Gasteiger partial charge in [-0.2, -0.15) is 0 Å². The predicted molar refractivity (Wildman–Crippen MR) is 199 cm³/mol. The van der Waals surface area contributed by atoms with Crippen LogP contribution in [0.25, 0.3) is 0 Å². The lowest BCUT2D eigenvalue weighted by atomic mass is 9.55. The summed E-state index contributed by atoms with van der Waals surface area (Å²) in [6.45, 7) is 9.89. The average Bonchev–Trinajstić information content (AvgIpc) is 3.25. The second-order valence-corrected chi connectivity index (χ2v) is 19.5. The molecule has 1 saturated carbocycles. The Hall–Kier alpha value is -2.44. The summed E-state index contributed by atoms with van der Waals surface area (Å²) in [6, 6.07) is 11.6. The van der Waals surface area contributed by atoms with Crippen LogP contribution in [0.3, 0.4) is 0 Å². The van der Waals surface area contributed by atoms with Crippen LogP contribution in [0.4, 0.5) is 10.1 Å². The molecule has 2 aromatic carbocycles. The van der Waals surface area contributed by atoms with Gasteiger partial charge in [0.25, 0.3) is 5.91 Å². The molecule has 3 fully saturated rings. The topological polar surface area (TPSA) is 97.4 Å². The molecule has 284 valence electrons. The van der Waals surface area contributed by atoms with Gasteiger partial charge in [-0.15, -0.1) is 0 Å². The Bertz CT molecular complexity index is 1780. The van der Waals surface area contributed by atoms with Crippen LogP contribution in [0, 0.1) is 23.2 Å². The number of likely N-dealkylation sites (tertiary alicyclic amines) is 1. The lowest BCUT2D eigenvalue weighted by molar-refractivity contribution is -0.254. The number of nitrogens with zero attached hydrogens (tertiary/aromatic N) is 2. The molecular formula is C40H53ClFN3O6S. The molecule has 2 bridgehead atoms. The Morgan fingerprint density at radius 2 is 1.77 bits per heavy atom. The summed E-state index contributed by atoms with van der Waals surface area (Å²) < 4.78 is 62.9. The number of nitrogens with one attached hydrogen (secondary N) is 1. The molecule has 1 spiro atoms. The molecule has 2 aliphatic carbocycles. The van der Waals surface area contributed by atoms with Crippen molar-refractivity contribution in [2.24, 2.45) is 23.2 Å². The van der Waals surface area contributed by atoms with Crippen molar-refractivity contribution in [3.63, 3.8) is 0 Å². The van der Waals surface area contributed by atoms with E-state index in [1.54, 1.807) is 13.0 Å². The summed E-state index contributed by atoms with van der Waals surface area (Å²) in [6.07, 6.45) is 6.27. The number of anilines is 1. The van der Waals surface area contributed by atoms with Gasteiger partial charge in [-0.25, -0.2) is 17.5 Å². The van der Waals surface area contributed by atoms with E-state index in [9.17, 15) is 17.6 Å². The molecule has 0 aromatic heterocycles. The molecule has 8 rings (SSSR count). The molecule has 9 nitrogen and oxygen atoms in total. The first-order valence-electron chi connectivity index (χ1n) is 19.3. The van der Waals surface area contributed by atoms with Crippen LogP contribution in [0.1, 0.15) is 87.2 Å². The van der Waals surface area contributed by atoms with Gasteiger partial charge in [0.2, 0.25) is 10.0 Å². The highest BCUT2D eigenvalue weighted by atomic mass is 35.5. The molecule has 0 radical (unpaired) electrons. The van der Waals surface area contributed by atoms with Gasteiger partial charge in [0.05, 0.1) is 36.8 Å².